The van der Waals surface area contributed by atoms with Crippen LogP contribution in [0.4, 0.5) is 0 Å². The number of nitrogens with zero attached hydrogens (tertiary/aromatic N) is 3. The zero-order chi connectivity index (χ0) is 23.2. The van der Waals surface area contributed by atoms with Crippen LogP contribution in [-0.2, 0) is 12.0 Å². The van der Waals surface area contributed by atoms with E-state index < -0.39 is 17.2 Å². The van der Waals surface area contributed by atoms with Crippen LogP contribution in [0.25, 0.3) is 0 Å². The molecule has 2 aliphatic rings. The summed E-state index contributed by atoms with van der Waals surface area (Å²) in [5.41, 5.74) is 0.753. The van der Waals surface area contributed by atoms with Gasteiger partial charge in [0.1, 0.15) is 0 Å². The molecular formula is C25H23ClIN3O3. The number of hydrogen-bond acceptors (Lipinski definition) is 4. The van der Waals surface area contributed by atoms with Crippen molar-refractivity contribution in [3.8, 4) is 0 Å². The van der Waals surface area contributed by atoms with Gasteiger partial charge < -0.3 is 4.90 Å². The van der Waals surface area contributed by atoms with Gasteiger partial charge in [-0.3, -0.25) is 14.2 Å². The standard InChI is InChI=1S/C25H23ClIN3O3/c26-20-9-7-18(8-10-20)25-13-19(25)14-28(16-25)11-4-12-29-15-21(27)23(32)30(24(29)33)22(31)17-5-2-1-3-6-17/h1-3,5-10,15,19H,4,11-14,16H2/t19-,25?/m1/s1. The average molecular weight is 576 g/mol. The first-order valence-corrected chi connectivity index (χ1v) is 12.4. The van der Waals surface area contributed by atoms with E-state index in [4.69, 9.17) is 11.6 Å². The first-order chi connectivity index (χ1) is 15.9. The molecule has 1 aromatic heterocycles. The molecule has 0 spiro atoms. The molecule has 0 N–H and O–H groups in total. The van der Waals surface area contributed by atoms with Gasteiger partial charge in [-0.1, -0.05) is 41.9 Å². The summed E-state index contributed by atoms with van der Waals surface area (Å²) in [6, 6.07) is 16.6. The second-order valence-corrected chi connectivity index (χ2v) is 10.5. The molecule has 2 fully saturated rings. The first kappa shape index (κ1) is 22.6. The molecule has 1 saturated carbocycles. The molecule has 1 aliphatic carbocycles. The molecule has 0 amide bonds. The van der Waals surface area contributed by atoms with Crippen molar-refractivity contribution in [1.82, 2.24) is 14.0 Å². The van der Waals surface area contributed by atoms with Crippen LogP contribution < -0.4 is 11.2 Å². The Bertz CT molecular complexity index is 1320. The minimum absolute atomic E-state index is 0.242. The van der Waals surface area contributed by atoms with E-state index in [1.165, 1.54) is 16.6 Å². The summed E-state index contributed by atoms with van der Waals surface area (Å²) in [4.78, 5) is 40.8. The number of halogens is 2. The highest BCUT2D eigenvalue weighted by Crippen LogP contribution is 2.59. The van der Waals surface area contributed by atoms with Gasteiger partial charge in [0.15, 0.2) is 0 Å². The van der Waals surface area contributed by atoms with Gasteiger partial charge in [-0.25, -0.2) is 4.79 Å². The number of aromatic nitrogens is 2. The highest BCUT2D eigenvalue weighted by atomic mass is 127. The van der Waals surface area contributed by atoms with Crippen LogP contribution in [0.5, 0.6) is 0 Å². The molecule has 2 aromatic carbocycles. The molecule has 3 aromatic rings. The van der Waals surface area contributed by atoms with Crippen molar-refractivity contribution < 1.29 is 4.79 Å². The number of benzene rings is 2. The molecular weight excluding hydrogens is 553 g/mol. The van der Waals surface area contributed by atoms with Crippen LogP contribution in [0.1, 0.15) is 28.8 Å². The lowest BCUT2D eigenvalue weighted by atomic mass is 9.95. The van der Waals surface area contributed by atoms with Crippen molar-refractivity contribution in [1.29, 1.82) is 0 Å². The number of carbonyl (C=O) groups is 1. The first-order valence-electron chi connectivity index (χ1n) is 11.0. The van der Waals surface area contributed by atoms with Crippen LogP contribution >= 0.6 is 34.2 Å². The van der Waals surface area contributed by atoms with Gasteiger partial charge in [0, 0.05) is 41.8 Å². The maximum Gasteiger partial charge on any atom is 0.338 e. The number of carbonyl (C=O) groups excluding carboxylic acids is 1. The Morgan fingerprint density at radius 2 is 1.79 bits per heavy atom. The van der Waals surface area contributed by atoms with Crippen LogP contribution in [0.2, 0.25) is 5.02 Å². The zero-order valence-electron chi connectivity index (χ0n) is 17.9. The minimum Gasteiger partial charge on any atom is -0.302 e. The molecule has 2 atom stereocenters. The minimum atomic E-state index is -0.595. The molecule has 5 rings (SSSR count). The lowest BCUT2D eigenvalue weighted by Gasteiger charge is -2.21. The van der Waals surface area contributed by atoms with Crippen LogP contribution in [0.15, 0.2) is 70.4 Å². The predicted molar refractivity (Wildman–Crippen MR) is 136 cm³/mol. The van der Waals surface area contributed by atoms with Crippen molar-refractivity contribution in [2.75, 3.05) is 19.6 Å². The third kappa shape index (κ3) is 4.22. The zero-order valence-corrected chi connectivity index (χ0v) is 20.8. The van der Waals surface area contributed by atoms with E-state index in [0.717, 1.165) is 35.6 Å². The van der Waals surface area contributed by atoms with Gasteiger partial charge in [0.25, 0.3) is 11.5 Å². The Morgan fingerprint density at radius 1 is 1.06 bits per heavy atom. The topological polar surface area (TPSA) is 64.3 Å². The second-order valence-electron chi connectivity index (χ2n) is 8.92. The summed E-state index contributed by atoms with van der Waals surface area (Å²) in [7, 11) is 0. The summed E-state index contributed by atoms with van der Waals surface area (Å²) in [6.45, 7) is 3.38. The predicted octanol–water partition coefficient (Wildman–Crippen LogP) is 3.62. The molecule has 8 heteroatoms. The molecule has 1 saturated heterocycles. The van der Waals surface area contributed by atoms with Gasteiger partial charge in [-0.15, -0.1) is 0 Å². The number of fused-ring (bicyclic) bond motifs is 1. The highest BCUT2D eigenvalue weighted by Gasteiger charge is 2.60. The van der Waals surface area contributed by atoms with Crippen molar-refractivity contribution in [3.63, 3.8) is 0 Å². The molecule has 1 unspecified atom stereocenters. The maximum atomic E-state index is 13.0. The fourth-order valence-corrected chi connectivity index (χ4v) is 5.77. The van der Waals surface area contributed by atoms with Crippen LogP contribution in [0, 0.1) is 9.49 Å². The van der Waals surface area contributed by atoms with Crippen molar-refractivity contribution >= 4 is 40.1 Å². The van der Waals surface area contributed by atoms with Crippen molar-refractivity contribution in [2.24, 2.45) is 5.92 Å². The summed E-state index contributed by atoms with van der Waals surface area (Å²) in [5.74, 6) is 0.0788. The number of aryl methyl sites for hydroxylation is 1. The summed E-state index contributed by atoms with van der Waals surface area (Å²) < 4.78 is 2.58. The molecule has 33 heavy (non-hydrogen) atoms. The quantitative estimate of drug-likeness (QED) is 0.422. The van der Waals surface area contributed by atoms with Crippen LogP contribution in [0.3, 0.4) is 0 Å². The van der Waals surface area contributed by atoms with Gasteiger partial charge in [-0.05, 0) is 77.7 Å². The number of piperidine rings is 1. The van der Waals surface area contributed by atoms with Gasteiger partial charge in [0.05, 0.1) is 3.57 Å². The van der Waals surface area contributed by atoms with E-state index in [1.54, 1.807) is 36.5 Å². The largest absolute Gasteiger partial charge is 0.338 e. The third-order valence-corrected chi connectivity index (χ3v) is 7.84. The molecule has 1 aliphatic heterocycles. The Labute approximate surface area is 209 Å². The molecule has 0 radical (unpaired) electrons. The third-order valence-electron chi connectivity index (χ3n) is 6.85. The van der Waals surface area contributed by atoms with Crippen molar-refractivity contribution in [3.05, 3.63) is 101 Å². The van der Waals surface area contributed by atoms with E-state index in [1.807, 2.05) is 34.7 Å². The van der Waals surface area contributed by atoms with Gasteiger partial charge >= 0.3 is 5.69 Å². The smallest absolute Gasteiger partial charge is 0.302 e. The monoisotopic (exact) mass is 575 g/mol. The van der Waals surface area contributed by atoms with E-state index in [0.29, 0.717) is 21.6 Å². The number of hydrogen-bond donors (Lipinski definition) is 0. The Kier molecular flexibility index (Phi) is 6.05. The molecule has 170 valence electrons. The lowest BCUT2D eigenvalue weighted by molar-refractivity contribution is 0.0948. The second kappa shape index (κ2) is 8.85. The summed E-state index contributed by atoms with van der Waals surface area (Å²) in [6.07, 6.45) is 3.53. The van der Waals surface area contributed by atoms with Gasteiger partial charge in [-0.2, -0.15) is 4.57 Å². The van der Waals surface area contributed by atoms with Crippen LogP contribution in [-0.4, -0.2) is 39.6 Å². The van der Waals surface area contributed by atoms with Crippen molar-refractivity contribution in [2.45, 2.75) is 24.8 Å². The fourth-order valence-electron chi connectivity index (χ4n) is 5.07. The van der Waals surface area contributed by atoms with E-state index in [9.17, 15) is 14.4 Å². The normalized spacial score (nSPS) is 21.7. The number of likely N-dealkylation sites (tertiary alicyclic amines) is 1. The number of rotatable bonds is 6. The molecule has 0 bridgehead atoms. The van der Waals surface area contributed by atoms with E-state index >= 15 is 0 Å². The molecule has 6 nitrogen and oxygen atoms in total. The van der Waals surface area contributed by atoms with E-state index in [-0.39, 0.29) is 5.41 Å². The Balaban J connectivity index is 1.27. The summed E-state index contributed by atoms with van der Waals surface area (Å²) in [5, 5.41) is 0.759. The fraction of sp³-hybridized carbons (Fsp3) is 0.320. The summed E-state index contributed by atoms with van der Waals surface area (Å²) >= 11 is 7.94. The van der Waals surface area contributed by atoms with E-state index in [2.05, 4.69) is 17.0 Å². The average Bonchev–Trinajstić information content (AvgIpc) is 3.39. The highest BCUT2D eigenvalue weighted by molar-refractivity contribution is 14.1. The molecule has 2 heterocycles. The van der Waals surface area contributed by atoms with Gasteiger partial charge in [0.2, 0.25) is 0 Å². The lowest BCUT2D eigenvalue weighted by Crippen LogP contribution is -2.45. The Hall–Kier alpha value is -2.23. The maximum absolute atomic E-state index is 13.0. The Morgan fingerprint density at radius 3 is 2.52 bits per heavy atom. The SMILES string of the molecule is O=C(c1ccccc1)n1c(=O)c(I)cn(CCCN2C[C@H]3CC3(c3ccc(Cl)cc3)C2)c1=O.